The zero-order valence-corrected chi connectivity index (χ0v) is 12.4. The molecule has 2 rings (SSSR count). The van der Waals surface area contributed by atoms with Gasteiger partial charge in [0.15, 0.2) is 5.75 Å². The second-order valence-electron chi connectivity index (χ2n) is 4.31. The maximum absolute atomic E-state index is 11.1. The lowest BCUT2D eigenvalue weighted by molar-refractivity contribution is -0.385. The standard InChI is InChI=1S/C15H14N2O4S/c16-15(22)11-6-7-14(13(10-11)17(18)19)21-9-8-20-12-4-2-1-3-5-12/h1-7,10H,8-9H2,(H2,16,22). The number of hydrogen-bond acceptors (Lipinski definition) is 5. The highest BCUT2D eigenvalue weighted by Crippen LogP contribution is 2.28. The van der Waals surface area contributed by atoms with Crippen LogP contribution < -0.4 is 15.2 Å². The molecule has 0 atom stereocenters. The van der Waals surface area contributed by atoms with Gasteiger partial charge in [0.2, 0.25) is 0 Å². The Hall–Kier alpha value is -2.67. The van der Waals surface area contributed by atoms with Gasteiger partial charge in [-0.25, -0.2) is 0 Å². The van der Waals surface area contributed by atoms with Gasteiger partial charge in [-0.3, -0.25) is 10.1 Å². The molecule has 0 aliphatic heterocycles. The maximum Gasteiger partial charge on any atom is 0.311 e. The van der Waals surface area contributed by atoms with Gasteiger partial charge in [0, 0.05) is 11.6 Å². The Morgan fingerprint density at radius 1 is 1.14 bits per heavy atom. The van der Waals surface area contributed by atoms with E-state index in [0.29, 0.717) is 11.3 Å². The van der Waals surface area contributed by atoms with Crippen molar-refractivity contribution < 1.29 is 14.4 Å². The highest BCUT2D eigenvalue weighted by molar-refractivity contribution is 7.80. The Kier molecular flexibility index (Phi) is 5.26. The second kappa shape index (κ2) is 7.37. The van der Waals surface area contributed by atoms with Gasteiger partial charge < -0.3 is 15.2 Å². The number of thiocarbonyl (C=S) groups is 1. The Balaban J connectivity index is 1.97. The highest BCUT2D eigenvalue weighted by Gasteiger charge is 2.16. The average molecular weight is 318 g/mol. The van der Waals surface area contributed by atoms with Crippen molar-refractivity contribution in [2.75, 3.05) is 13.2 Å². The van der Waals surface area contributed by atoms with Crippen LogP contribution in [0.2, 0.25) is 0 Å². The van der Waals surface area contributed by atoms with E-state index in [1.165, 1.54) is 12.1 Å². The minimum Gasteiger partial charge on any atom is -0.490 e. The largest absolute Gasteiger partial charge is 0.490 e. The molecule has 0 saturated carbocycles. The molecular formula is C15H14N2O4S. The number of hydrogen-bond donors (Lipinski definition) is 1. The summed E-state index contributed by atoms with van der Waals surface area (Å²) in [7, 11) is 0. The quantitative estimate of drug-likeness (QED) is 0.365. The van der Waals surface area contributed by atoms with Crippen molar-refractivity contribution in [2.45, 2.75) is 0 Å². The van der Waals surface area contributed by atoms with Crippen LogP contribution in [0.5, 0.6) is 11.5 Å². The van der Waals surface area contributed by atoms with E-state index in [2.05, 4.69) is 0 Å². The van der Waals surface area contributed by atoms with Gasteiger partial charge in [0.1, 0.15) is 24.0 Å². The summed E-state index contributed by atoms with van der Waals surface area (Å²) in [5, 5.41) is 11.1. The molecule has 22 heavy (non-hydrogen) atoms. The third-order valence-corrected chi connectivity index (χ3v) is 3.03. The fourth-order valence-electron chi connectivity index (χ4n) is 1.76. The second-order valence-corrected chi connectivity index (χ2v) is 4.75. The number of para-hydroxylation sites is 1. The van der Waals surface area contributed by atoms with Crippen molar-refractivity contribution in [3.05, 3.63) is 64.2 Å². The molecule has 2 aromatic rings. The minimum absolute atomic E-state index is 0.0991. The van der Waals surface area contributed by atoms with Crippen LogP contribution in [0.15, 0.2) is 48.5 Å². The van der Waals surface area contributed by atoms with E-state index in [-0.39, 0.29) is 29.6 Å². The van der Waals surface area contributed by atoms with Gasteiger partial charge in [-0.2, -0.15) is 0 Å². The Morgan fingerprint density at radius 3 is 2.45 bits per heavy atom. The summed E-state index contributed by atoms with van der Waals surface area (Å²) in [6.45, 7) is 0.459. The van der Waals surface area contributed by atoms with E-state index in [0.717, 1.165) is 0 Å². The lowest BCUT2D eigenvalue weighted by atomic mass is 10.2. The molecule has 0 radical (unpaired) electrons. The van der Waals surface area contributed by atoms with E-state index < -0.39 is 4.92 Å². The van der Waals surface area contributed by atoms with Gasteiger partial charge in [0.25, 0.3) is 0 Å². The molecule has 0 amide bonds. The first kappa shape index (κ1) is 15.7. The lowest BCUT2D eigenvalue weighted by Gasteiger charge is -2.09. The van der Waals surface area contributed by atoms with Crippen molar-refractivity contribution >= 4 is 22.9 Å². The van der Waals surface area contributed by atoms with E-state index in [1.807, 2.05) is 30.3 Å². The molecule has 0 aliphatic carbocycles. The van der Waals surface area contributed by atoms with Crippen LogP contribution in [0.4, 0.5) is 5.69 Å². The molecule has 7 heteroatoms. The fourth-order valence-corrected chi connectivity index (χ4v) is 1.89. The van der Waals surface area contributed by atoms with Crippen LogP contribution in [0.3, 0.4) is 0 Å². The van der Waals surface area contributed by atoms with E-state index in [9.17, 15) is 10.1 Å². The number of nitrogens with two attached hydrogens (primary N) is 1. The van der Waals surface area contributed by atoms with Crippen molar-refractivity contribution in [2.24, 2.45) is 5.73 Å². The molecule has 114 valence electrons. The highest BCUT2D eigenvalue weighted by atomic mass is 32.1. The van der Waals surface area contributed by atoms with Crippen LogP contribution in [0.1, 0.15) is 5.56 Å². The minimum atomic E-state index is -0.533. The summed E-state index contributed by atoms with van der Waals surface area (Å²) in [5.41, 5.74) is 5.72. The normalized spacial score (nSPS) is 10.0. The Labute approximate surface area is 132 Å². The molecule has 0 unspecified atom stereocenters. The Bertz CT molecular complexity index is 676. The number of nitro groups is 1. The van der Waals surface area contributed by atoms with Crippen LogP contribution in [0.25, 0.3) is 0 Å². The summed E-state index contributed by atoms with van der Waals surface area (Å²) in [6.07, 6.45) is 0. The molecule has 2 N–H and O–H groups in total. The number of ether oxygens (including phenoxy) is 2. The molecular weight excluding hydrogens is 304 g/mol. The summed E-state index contributed by atoms with van der Waals surface area (Å²) >= 11 is 4.81. The predicted octanol–water partition coefficient (Wildman–Crippen LogP) is 2.69. The van der Waals surface area contributed by atoms with E-state index in [1.54, 1.807) is 6.07 Å². The molecule has 0 spiro atoms. The summed E-state index contributed by atoms with van der Waals surface area (Å²) in [6, 6.07) is 13.6. The van der Waals surface area contributed by atoms with Gasteiger partial charge in [0.05, 0.1) is 4.92 Å². The molecule has 0 fully saturated rings. The SMILES string of the molecule is NC(=S)c1ccc(OCCOc2ccccc2)c([N+](=O)[O-])c1. The third-order valence-electron chi connectivity index (χ3n) is 2.79. The van der Waals surface area contributed by atoms with Crippen molar-refractivity contribution in [3.63, 3.8) is 0 Å². The third kappa shape index (κ3) is 4.16. The summed E-state index contributed by atoms with van der Waals surface area (Å²) in [5.74, 6) is 0.867. The first-order valence-corrected chi connectivity index (χ1v) is 6.87. The van der Waals surface area contributed by atoms with Gasteiger partial charge in [-0.1, -0.05) is 30.4 Å². The zero-order valence-electron chi connectivity index (χ0n) is 11.6. The maximum atomic E-state index is 11.1. The van der Waals surface area contributed by atoms with Gasteiger partial charge >= 0.3 is 5.69 Å². The predicted molar refractivity (Wildman–Crippen MR) is 86.4 cm³/mol. The van der Waals surface area contributed by atoms with Crippen molar-refractivity contribution in [3.8, 4) is 11.5 Å². The molecule has 0 aliphatic rings. The fraction of sp³-hybridized carbons (Fsp3) is 0.133. The molecule has 2 aromatic carbocycles. The topological polar surface area (TPSA) is 87.6 Å². The van der Waals surface area contributed by atoms with Crippen LogP contribution in [-0.4, -0.2) is 23.1 Å². The molecule has 0 heterocycles. The van der Waals surface area contributed by atoms with E-state index >= 15 is 0 Å². The van der Waals surface area contributed by atoms with E-state index in [4.69, 9.17) is 27.4 Å². The van der Waals surface area contributed by atoms with Gasteiger partial charge in [-0.05, 0) is 24.3 Å². The number of rotatable bonds is 7. The number of benzene rings is 2. The lowest BCUT2D eigenvalue weighted by Crippen LogP contribution is -2.12. The van der Waals surface area contributed by atoms with Crippen molar-refractivity contribution in [1.29, 1.82) is 0 Å². The molecule has 0 bridgehead atoms. The molecule has 0 aromatic heterocycles. The zero-order chi connectivity index (χ0) is 15.9. The van der Waals surface area contributed by atoms with Crippen LogP contribution in [-0.2, 0) is 0 Å². The monoisotopic (exact) mass is 318 g/mol. The first-order chi connectivity index (χ1) is 10.6. The summed E-state index contributed by atoms with van der Waals surface area (Å²) < 4.78 is 10.9. The average Bonchev–Trinajstić information content (AvgIpc) is 2.52. The molecule has 0 saturated heterocycles. The van der Waals surface area contributed by atoms with Crippen molar-refractivity contribution in [1.82, 2.24) is 0 Å². The summed E-state index contributed by atoms with van der Waals surface area (Å²) in [4.78, 5) is 10.6. The number of nitrogens with zero attached hydrogens (tertiary/aromatic N) is 1. The first-order valence-electron chi connectivity index (χ1n) is 6.47. The molecule has 6 nitrogen and oxygen atoms in total. The van der Waals surface area contributed by atoms with Crippen LogP contribution in [0, 0.1) is 10.1 Å². The van der Waals surface area contributed by atoms with Gasteiger partial charge in [-0.15, -0.1) is 0 Å². The smallest absolute Gasteiger partial charge is 0.311 e. The Morgan fingerprint density at radius 2 is 1.82 bits per heavy atom. The van der Waals surface area contributed by atoms with Crippen LogP contribution >= 0.6 is 12.2 Å². The number of nitro benzene ring substituents is 1.